The summed E-state index contributed by atoms with van der Waals surface area (Å²) in [5.41, 5.74) is -3.28. The van der Waals surface area contributed by atoms with Crippen LogP contribution in [0.2, 0.25) is 0 Å². The van der Waals surface area contributed by atoms with Crippen LogP contribution in [0.25, 0.3) is 0 Å². The molecular formula is C15H23N2O10P2-. The van der Waals surface area contributed by atoms with Crippen molar-refractivity contribution in [2.75, 3.05) is 7.11 Å². The lowest BCUT2D eigenvalue weighted by atomic mass is 10.1. The molecule has 164 valence electrons. The van der Waals surface area contributed by atoms with Gasteiger partial charge in [0.25, 0.3) is 5.56 Å². The van der Waals surface area contributed by atoms with Crippen LogP contribution in [-0.4, -0.2) is 56.1 Å². The van der Waals surface area contributed by atoms with E-state index in [1.165, 1.54) is 27.2 Å². The molecule has 0 amide bonds. The number of aromatic amines is 1. The number of hydrogen-bond donors (Lipinski definition) is 3. The van der Waals surface area contributed by atoms with Crippen LogP contribution in [0.1, 0.15) is 26.5 Å². The van der Waals surface area contributed by atoms with Crippen LogP contribution in [0.4, 0.5) is 0 Å². The molecule has 0 spiro atoms. The van der Waals surface area contributed by atoms with Gasteiger partial charge in [-0.3, -0.25) is 18.9 Å². The van der Waals surface area contributed by atoms with Crippen LogP contribution in [0.15, 0.2) is 21.9 Å². The second-order valence-corrected chi connectivity index (χ2v) is 11.6. The Kier molecular flexibility index (Phi) is 6.12. The zero-order chi connectivity index (χ0) is 21.7. The predicted octanol–water partition coefficient (Wildman–Crippen LogP) is -0.638. The third-order valence-corrected chi connectivity index (χ3v) is 8.44. The number of nitrogens with zero attached hydrogens (tertiary/aromatic N) is 1. The van der Waals surface area contributed by atoms with Crippen molar-refractivity contribution in [2.45, 2.75) is 56.1 Å². The Morgan fingerprint density at radius 1 is 1.31 bits per heavy atom. The van der Waals surface area contributed by atoms with E-state index in [1.807, 2.05) is 0 Å². The molecule has 0 bridgehead atoms. The third-order valence-electron chi connectivity index (χ3n) is 5.18. The molecule has 2 aliphatic rings. The Bertz CT molecular complexity index is 968. The van der Waals surface area contributed by atoms with Gasteiger partial charge >= 0.3 is 13.3 Å². The Morgan fingerprint density at radius 3 is 2.45 bits per heavy atom. The molecule has 7 unspecified atom stereocenters. The lowest BCUT2D eigenvalue weighted by Crippen LogP contribution is -2.40. The summed E-state index contributed by atoms with van der Waals surface area (Å²) in [7, 11) is -7.50. The Labute approximate surface area is 165 Å². The number of rotatable bonds is 7. The van der Waals surface area contributed by atoms with Crippen LogP contribution in [0, 0.1) is 5.92 Å². The minimum Gasteiger partial charge on any atom is -0.778 e. The zero-order valence-electron chi connectivity index (χ0n) is 15.9. The fraction of sp³-hybridized carbons (Fsp3) is 0.733. The van der Waals surface area contributed by atoms with Gasteiger partial charge < -0.3 is 33.2 Å². The predicted molar refractivity (Wildman–Crippen MR) is 97.6 cm³/mol. The van der Waals surface area contributed by atoms with E-state index in [2.05, 4.69) is 4.98 Å². The molecule has 3 N–H and O–H groups in total. The second kappa shape index (κ2) is 7.86. The molecular weight excluding hydrogens is 430 g/mol. The van der Waals surface area contributed by atoms with Gasteiger partial charge in [-0.15, -0.1) is 0 Å². The summed E-state index contributed by atoms with van der Waals surface area (Å²) in [6, 6.07) is 1.09. The monoisotopic (exact) mass is 453 g/mol. The van der Waals surface area contributed by atoms with Gasteiger partial charge in [-0.1, -0.05) is 13.8 Å². The lowest BCUT2D eigenvalue weighted by Gasteiger charge is -2.34. The molecule has 1 aromatic rings. The molecule has 0 radical (unpaired) electrons. The summed E-state index contributed by atoms with van der Waals surface area (Å²) >= 11 is 0. The van der Waals surface area contributed by atoms with E-state index in [-0.39, 0.29) is 6.42 Å². The SMILES string of the molecule is COC1C(OP(=O)([O-])C(C)C)C(C2CC2P(=O)(O)O)OC1n1ccc(=O)[nH]c1=O. The molecule has 1 aliphatic heterocycles. The maximum atomic E-state index is 12.4. The van der Waals surface area contributed by atoms with E-state index in [4.69, 9.17) is 14.0 Å². The van der Waals surface area contributed by atoms with E-state index >= 15 is 0 Å². The van der Waals surface area contributed by atoms with Crippen molar-refractivity contribution in [1.29, 1.82) is 0 Å². The van der Waals surface area contributed by atoms with E-state index in [9.17, 15) is 33.4 Å². The topological polar surface area (TPSA) is 180 Å². The minimum absolute atomic E-state index is 0.114. The van der Waals surface area contributed by atoms with Crippen molar-refractivity contribution in [3.63, 3.8) is 0 Å². The van der Waals surface area contributed by atoms with Crippen molar-refractivity contribution < 1.29 is 37.8 Å². The fourth-order valence-electron chi connectivity index (χ4n) is 3.46. The number of ether oxygens (including phenoxy) is 2. The first-order valence-corrected chi connectivity index (χ1v) is 12.2. The molecule has 1 saturated heterocycles. The molecule has 1 aromatic heterocycles. The number of nitrogens with one attached hydrogen (secondary N) is 1. The Morgan fingerprint density at radius 2 is 1.97 bits per heavy atom. The summed E-state index contributed by atoms with van der Waals surface area (Å²) < 4.78 is 41.6. The minimum atomic E-state index is -4.41. The van der Waals surface area contributed by atoms with Gasteiger partial charge in [0.05, 0.1) is 11.8 Å². The number of H-pyrrole nitrogens is 1. The highest BCUT2D eigenvalue weighted by Gasteiger charge is 2.61. The average Bonchev–Trinajstić information content (AvgIpc) is 3.32. The highest BCUT2D eigenvalue weighted by molar-refractivity contribution is 7.53. The van der Waals surface area contributed by atoms with Gasteiger partial charge in [0, 0.05) is 30.9 Å². The first kappa shape index (κ1) is 22.6. The molecule has 2 heterocycles. The normalized spacial score (nSPS) is 34.3. The van der Waals surface area contributed by atoms with Gasteiger partial charge in [0.2, 0.25) is 0 Å². The maximum absolute atomic E-state index is 12.4. The molecule has 7 atom stereocenters. The molecule has 29 heavy (non-hydrogen) atoms. The summed E-state index contributed by atoms with van der Waals surface area (Å²) in [6.45, 7) is 2.86. The maximum Gasteiger partial charge on any atom is 0.330 e. The molecule has 3 rings (SSSR count). The average molecular weight is 453 g/mol. The van der Waals surface area contributed by atoms with E-state index in [1.54, 1.807) is 0 Å². The zero-order valence-corrected chi connectivity index (χ0v) is 17.7. The highest BCUT2D eigenvalue weighted by Crippen LogP contribution is 2.62. The first-order chi connectivity index (χ1) is 13.4. The number of methoxy groups -OCH3 is 1. The molecule has 1 saturated carbocycles. The van der Waals surface area contributed by atoms with Crippen LogP contribution in [-0.2, 0) is 23.1 Å². The quantitative estimate of drug-likeness (QED) is 0.450. The van der Waals surface area contributed by atoms with Crippen LogP contribution in [0.3, 0.4) is 0 Å². The van der Waals surface area contributed by atoms with Crippen molar-refractivity contribution >= 4 is 15.2 Å². The Balaban J connectivity index is 1.99. The molecule has 12 nitrogen and oxygen atoms in total. The number of hydrogen-bond acceptors (Lipinski definition) is 8. The fourth-order valence-corrected chi connectivity index (χ4v) is 5.47. The van der Waals surface area contributed by atoms with Crippen molar-refractivity contribution in [3.05, 3.63) is 33.1 Å². The number of aromatic nitrogens is 2. The van der Waals surface area contributed by atoms with Gasteiger partial charge in [-0.2, -0.15) is 0 Å². The molecule has 14 heteroatoms. The van der Waals surface area contributed by atoms with Crippen LogP contribution >= 0.6 is 15.2 Å². The van der Waals surface area contributed by atoms with E-state index < -0.39 is 68.2 Å². The van der Waals surface area contributed by atoms with E-state index in [0.29, 0.717) is 0 Å². The van der Waals surface area contributed by atoms with Crippen molar-refractivity contribution in [2.24, 2.45) is 5.92 Å². The lowest BCUT2D eigenvalue weighted by molar-refractivity contribution is -0.209. The summed E-state index contributed by atoms with van der Waals surface area (Å²) in [6.07, 6.45) is -3.22. The smallest absolute Gasteiger partial charge is 0.330 e. The largest absolute Gasteiger partial charge is 0.778 e. The van der Waals surface area contributed by atoms with Gasteiger partial charge in [0.1, 0.15) is 19.8 Å². The molecule has 2 fully saturated rings. The Hall–Kier alpha value is -1.10. The first-order valence-electron chi connectivity index (χ1n) is 8.91. The van der Waals surface area contributed by atoms with Gasteiger partial charge in [-0.05, 0) is 6.42 Å². The van der Waals surface area contributed by atoms with Crippen molar-refractivity contribution in [1.82, 2.24) is 9.55 Å². The van der Waals surface area contributed by atoms with E-state index in [0.717, 1.165) is 10.6 Å². The summed E-state index contributed by atoms with van der Waals surface area (Å²) in [4.78, 5) is 56.9. The van der Waals surface area contributed by atoms with Crippen LogP contribution in [0.5, 0.6) is 0 Å². The third kappa shape index (κ3) is 4.50. The second-order valence-electron chi connectivity index (χ2n) is 7.47. The molecule has 1 aliphatic carbocycles. The van der Waals surface area contributed by atoms with Gasteiger partial charge in [0.15, 0.2) is 6.23 Å². The van der Waals surface area contributed by atoms with Crippen LogP contribution < -0.4 is 16.1 Å². The standard InChI is InChI=1S/C15H24N2O10P2/c1-7(2)29(23,24)27-12-11(8-6-9(8)28(20,21)22)26-14(13(12)25-3)17-5-4-10(18)16-15(17)19/h4-5,7-9,11-14H,6H2,1-3H3,(H,23,24)(H,16,18,19)(H2,20,21,22)/p-1. The summed E-state index contributed by atoms with van der Waals surface area (Å²) in [5, 5.41) is 0. The summed E-state index contributed by atoms with van der Waals surface area (Å²) in [5.74, 6) is -0.672. The highest BCUT2D eigenvalue weighted by atomic mass is 31.2. The van der Waals surface area contributed by atoms with Crippen molar-refractivity contribution in [3.8, 4) is 0 Å². The van der Waals surface area contributed by atoms with Gasteiger partial charge in [-0.25, -0.2) is 4.79 Å². The molecule has 0 aromatic carbocycles.